The summed E-state index contributed by atoms with van der Waals surface area (Å²) in [7, 11) is -1.68. The topological polar surface area (TPSA) is 69.0 Å². The van der Waals surface area contributed by atoms with Crippen LogP contribution in [0.1, 0.15) is 55.0 Å². The molecule has 6 nitrogen and oxygen atoms in total. The predicted molar refractivity (Wildman–Crippen MR) is 215 cm³/mol. The molecule has 0 aliphatic carbocycles. The Morgan fingerprint density at radius 1 is 0.827 bits per heavy atom. The van der Waals surface area contributed by atoms with Gasteiger partial charge in [0.15, 0.2) is 0 Å². The van der Waals surface area contributed by atoms with Gasteiger partial charge >= 0.3 is 0 Å². The van der Waals surface area contributed by atoms with Crippen molar-refractivity contribution in [2.45, 2.75) is 33.4 Å². The van der Waals surface area contributed by atoms with Crippen LogP contribution in [-0.4, -0.2) is 29.5 Å². The Morgan fingerprint density at radius 3 is 2.15 bits per heavy atom. The van der Waals surface area contributed by atoms with Gasteiger partial charge in [-0.05, 0) is 81.5 Å². The molecule has 1 atom stereocenters. The zero-order valence-corrected chi connectivity index (χ0v) is 31.7. The Morgan fingerprint density at radius 2 is 1.52 bits per heavy atom. The van der Waals surface area contributed by atoms with Crippen LogP contribution in [0, 0.1) is 5.41 Å². The van der Waals surface area contributed by atoms with E-state index in [4.69, 9.17) is 27.6 Å². The van der Waals surface area contributed by atoms with Gasteiger partial charge in [-0.2, -0.15) is 0 Å². The molecule has 1 amide bonds. The number of carbonyl (C=O) groups excluding carboxylic acids is 1. The van der Waals surface area contributed by atoms with Crippen molar-refractivity contribution in [3.63, 3.8) is 0 Å². The molecule has 1 unspecified atom stereocenters. The first-order valence-corrected chi connectivity index (χ1v) is 19.1. The fourth-order valence-electron chi connectivity index (χ4n) is 5.73. The van der Waals surface area contributed by atoms with Gasteiger partial charge in [-0.1, -0.05) is 117 Å². The minimum absolute atomic E-state index is 0.227. The van der Waals surface area contributed by atoms with E-state index in [-0.39, 0.29) is 17.9 Å². The minimum Gasteiger partial charge on any atom is -0.400 e. The normalized spacial score (nSPS) is 12.5. The summed E-state index contributed by atoms with van der Waals surface area (Å²) in [4.78, 5) is 21.4. The van der Waals surface area contributed by atoms with Gasteiger partial charge < -0.3 is 14.3 Å². The molecule has 3 heterocycles. The quantitative estimate of drug-likeness (QED) is 0.100. The van der Waals surface area contributed by atoms with Crippen LogP contribution in [0.15, 0.2) is 140 Å². The zero-order valence-electron chi connectivity index (χ0n) is 29.2. The summed E-state index contributed by atoms with van der Waals surface area (Å²) in [5, 5.41) is 6.31. The molecule has 3 aromatic heterocycles. The Hall–Kier alpha value is -5.05. The molecule has 1 radical (unpaired) electrons. The van der Waals surface area contributed by atoms with Crippen LogP contribution >= 0.6 is 23.2 Å². The number of nitrogens with zero attached hydrogens (tertiary/aromatic N) is 3. The highest BCUT2D eigenvalue weighted by Crippen LogP contribution is 2.45. The maximum Gasteiger partial charge on any atom is 0.283 e. The smallest absolute Gasteiger partial charge is 0.283 e. The molecule has 52 heavy (non-hydrogen) atoms. The van der Waals surface area contributed by atoms with E-state index in [1.165, 1.54) is 6.08 Å². The van der Waals surface area contributed by atoms with Crippen LogP contribution in [0.25, 0.3) is 23.9 Å². The Balaban J connectivity index is 1.19. The molecule has 0 aliphatic heterocycles. The molecule has 6 aromatic rings. The lowest BCUT2D eigenvalue weighted by Gasteiger charge is -2.36. The number of hydrogen-bond donors (Lipinski definition) is 1. The van der Waals surface area contributed by atoms with Crippen molar-refractivity contribution in [2.24, 2.45) is 5.41 Å². The SMILES string of the molecule is CC(C)(C)C(O[Si](c1ccccc1)c1ccccc1)c1c(Cl)ccc(-n2cccc2CNC(=O)/C=C/c2ccc(/C=C/c3ccncc3)nc2)c1Cl. The predicted octanol–water partition coefficient (Wildman–Crippen LogP) is 8.98. The van der Waals surface area contributed by atoms with Gasteiger partial charge in [0.2, 0.25) is 5.91 Å². The number of nitrogens with one attached hydrogen (secondary N) is 1. The van der Waals surface area contributed by atoms with Gasteiger partial charge in [-0.3, -0.25) is 14.8 Å². The molecular formula is C43H39Cl2N4O2Si. The van der Waals surface area contributed by atoms with Crippen LogP contribution < -0.4 is 15.7 Å². The standard InChI is InChI=1S/C43H39Cl2N4O2Si/c1-43(2,3)42(51-52(35-12-6-4-7-13-35)36-14-8-5-9-15-36)40-37(44)21-22-38(41(40)45)49-28-10-11-34(49)30-48-39(50)23-18-32-17-20-33(47-29-32)19-16-31-24-26-46-27-25-31/h4-29,42H,30H2,1-3H3,(H,48,50)/b19-16+,23-18+. The third-order valence-corrected chi connectivity index (χ3v) is 11.3. The summed E-state index contributed by atoms with van der Waals surface area (Å²) in [6, 6.07) is 36.0. The van der Waals surface area contributed by atoms with E-state index in [2.05, 4.69) is 60.3 Å². The monoisotopic (exact) mass is 741 g/mol. The number of carbonyl (C=O) groups is 1. The summed E-state index contributed by atoms with van der Waals surface area (Å²) in [5.74, 6) is -0.227. The summed E-state index contributed by atoms with van der Waals surface area (Å²) >= 11 is 14.3. The summed E-state index contributed by atoms with van der Waals surface area (Å²) in [5.41, 5.74) is 4.68. The first-order valence-electron chi connectivity index (χ1n) is 17.0. The van der Waals surface area contributed by atoms with Crippen molar-refractivity contribution in [1.82, 2.24) is 19.9 Å². The van der Waals surface area contributed by atoms with Crippen molar-refractivity contribution >= 4 is 66.8 Å². The molecule has 0 spiro atoms. The molecule has 3 aromatic carbocycles. The molecule has 0 saturated carbocycles. The second-order valence-corrected chi connectivity index (χ2v) is 16.1. The van der Waals surface area contributed by atoms with E-state index in [1.807, 2.05) is 108 Å². The van der Waals surface area contributed by atoms with E-state index in [0.29, 0.717) is 10.0 Å². The van der Waals surface area contributed by atoms with Crippen LogP contribution in [-0.2, 0) is 15.8 Å². The van der Waals surface area contributed by atoms with E-state index < -0.39 is 15.1 Å². The Kier molecular flexibility index (Phi) is 12.0. The molecule has 0 aliphatic rings. The van der Waals surface area contributed by atoms with Gasteiger partial charge in [0.25, 0.3) is 9.04 Å². The number of hydrogen-bond acceptors (Lipinski definition) is 4. The van der Waals surface area contributed by atoms with Gasteiger partial charge in [0.1, 0.15) is 0 Å². The average molecular weight is 743 g/mol. The molecule has 9 heteroatoms. The lowest BCUT2D eigenvalue weighted by atomic mass is 9.84. The number of aromatic nitrogens is 3. The van der Waals surface area contributed by atoms with Crippen molar-refractivity contribution in [3.05, 3.63) is 178 Å². The molecule has 1 N–H and O–H groups in total. The average Bonchev–Trinajstić information content (AvgIpc) is 3.63. The van der Waals surface area contributed by atoms with E-state index in [0.717, 1.165) is 44.1 Å². The third-order valence-electron chi connectivity index (χ3n) is 8.39. The van der Waals surface area contributed by atoms with Crippen molar-refractivity contribution in [1.29, 1.82) is 0 Å². The second-order valence-electron chi connectivity index (χ2n) is 13.3. The lowest BCUT2D eigenvalue weighted by Crippen LogP contribution is -2.47. The number of pyridine rings is 2. The van der Waals surface area contributed by atoms with Crippen molar-refractivity contribution in [3.8, 4) is 5.69 Å². The minimum atomic E-state index is -1.68. The van der Waals surface area contributed by atoms with Crippen molar-refractivity contribution in [2.75, 3.05) is 0 Å². The highest BCUT2D eigenvalue weighted by atomic mass is 35.5. The molecule has 0 fully saturated rings. The maximum atomic E-state index is 12.9. The van der Waals surface area contributed by atoms with Crippen LogP contribution in [0.5, 0.6) is 0 Å². The largest absolute Gasteiger partial charge is 0.400 e. The van der Waals surface area contributed by atoms with Gasteiger partial charge in [-0.25, -0.2) is 0 Å². The highest BCUT2D eigenvalue weighted by molar-refractivity contribution is 6.80. The fraction of sp³-hybridized carbons (Fsp3) is 0.140. The van der Waals surface area contributed by atoms with Crippen LogP contribution in [0.2, 0.25) is 10.0 Å². The molecule has 0 bridgehead atoms. The first kappa shape index (κ1) is 36.7. The lowest BCUT2D eigenvalue weighted by molar-refractivity contribution is -0.116. The summed E-state index contributed by atoms with van der Waals surface area (Å²) < 4.78 is 9.15. The Bertz CT molecular complexity index is 2110. The van der Waals surface area contributed by atoms with Crippen LogP contribution in [0.4, 0.5) is 0 Å². The van der Waals surface area contributed by atoms with Gasteiger partial charge in [-0.15, -0.1) is 0 Å². The zero-order chi connectivity index (χ0) is 36.5. The van der Waals surface area contributed by atoms with Gasteiger partial charge in [0, 0.05) is 47.1 Å². The summed E-state index contributed by atoms with van der Waals surface area (Å²) in [6.07, 6.45) is 13.9. The van der Waals surface area contributed by atoms with Crippen molar-refractivity contribution < 1.29 is 9.22 Å². The third kappa shape index (κ3) is 9.24. The number of halogens is 2. The Labute approximate surface area is 317 Å². The molecular weight excluding hydrogens is 703 g/mol. The maximum absolute atomic E-state index is 12.9. The molecule has 0 saturated heterocycles. The van der Waals surface area contributed by atoms with Gasteiger partial charge in [0.05, 0.1) is 29.1 Å². The number of rotatable bonds is 12. The van der Waals surface area contributed by atoms with Crippen LogP contribution in [0.3, 0.4) is 0 Å². The summed E-state index contributed by atoms with van der Waals surface area (Å²) in [6.45, 7) is 6.71. The molecule has 261 valence electrons. The first-order chi connectivity index (χ1) is 25.2. The fourth-order valence-corrected chi connectivity index (χ4v) is 8.69. The second kappa shape index (κ2) is 17.0. The number of amides is 1. The highest BCUT2D eigenvalue weighted by Gasteiger charge is 2.36. The van der Waals surface area contributed by atoms with E-state index in [9.17, 15) is 4.79 Å². The molecule has 6 rings (SSSR count). The van der Waals surface area contributed by atoms with E-state index >= 15 is 0 Å². The number of benzene rings is 3. The van der Waals surface area contributed by atoms with E-state index in [1.54, 1.807) is 24.7 Å².